The van der Waals surface area contributed by atoms with Crippen LogP contribution in [-0.4, -0.2) is 20.7 Å². The van der Waals surface area contributed by atoms with Crippen LogP contribution in [0, 0.1) is 0 Å². The van der Waals surface area contributed by atoms with Gasteiger partial charge >= 0.3 is 0 Å². The molecule has 0 saturated carbocycles. The highest BCUT2D eigenvalue weighted by Crippen LogP contribution is 2.40. The zero-order chi connectivity index (χ0) is 22.7. The number of nitrogens with zero attached hydrogens (tertiary/aromatic N) is 4. The molecule has 0 spiro atoms. The van der Waals surface area contributed by atoms with Gasteiger partial charge in [-0.1, -0.05) is 72.3 Å². The molecule has 0 saturated heterocycles. The summed E-state index contributed by atoms with van der Waals surface area (Å²) >= 11 is 13.4. The maximum Gasteiger partial charge on any atom is 0.139 e. The van der Waals surface area contributed by atoms with Crippen molar-refractivity contribution in [3.63, 3.8) is 0 Å². The van der Waals surface area contributed by atoms with Crippen LogP contribution in [0.25, 0.3) is 22.0 Å². The van der Waals surface area contributed by atoms with E-state index in [-0.39, 0.29) is 5.92 Å². The normalized spacial score (nSPS) is 12.8. The van der Waals surface area contributed by atoms with Crippen LogP contribution in [0.1, 0.15) is 24.1 Å². The minimum Gasteiger partial charge on any atom is -0.337 e. The first-order valence-electron chi connectivity index (χ1n) is 10.2. The van der Waals surface area contributed by atoms with Gasteiger partial charge in [0.2, 0.25) is 0 Å². The molecule has 0 amide bonds. The van der Waals surface area contributed by atoms with Crippen LogP contribution in [0.5, 0.6) is 0 Å². The SMILES string of the molecule is C=C(N=C/C=C\C)C(c1ccc2nc(Cl)c(-c3ccccc3)c(Cl)c2c1)c1cncn1C. The molecular weight excluding hydrogens is 439 g/mol. The van der Waals surface area contributed by atoms with E-state index in [1.165, 1.54) is 0 Å². The maximum atomic E-state index is 6.89. The molecule has 0 aliphatic carbocycles. The molecule has 4 aromatic rings. The Kier molecular flexibility index (Phi) is 6.54. The first kappa shape index (κ1) is 22.0. The van der Waals surface area contributed by atoms with E-state index in [1.807, 2.05) is 85.4 Å². The summed E-state index contributed by atoms with van der Waals surface area (Å²) in [6.07, 6.45) is 9.15. The summed E-state index contributed by atoms with van der Waals surface area (Å²) in [5.41, 5.74) is 5.05. The van der Waals surface area contributed by atoms with E-state index >= 15 is 0 Å². The Balaban J connectivity index is 1.90. The molecule has 0 N–H and O–H groups in total. The summed E-state index contributed by atoms with van der Waals surface area (Å²) in [5, 5.41) is 1.77. The van der Waals surface area contributed by atoms with Gasteiger partial charge in [-0.15, -0.1) is 0 Å². The predicted octanol–water partition coefficient (Wildman–Crippen LogP) is 7.23. The Labute approximate surface area is 197 Å². The number of imidazole rings is 1. The highest BCUT2D eigenvalue weighted by atomic mass is 35.5. The van der Waals surface area contributed by atoms with Crippen LogP contribution in [0.3, 0.4) is 0 Å². The number of hydrogen-bond donors (Lipinski definition) is 0. The number of halogens is 2. The van der Waals surface area contributed by atoms with Gasteiger partial charge in [0.05, 0.1) is 28.5 Å². The van der Waals surface area contributed by atoms with Crippen molar-refractivity contribution < 1.29 is 0 Å². The van der Waals surface area contributed by atoms with Crippen molar-refractivity contribution in [1.29, 1.82) is 0 Å². The van der Waals surface area contributed by atoms with E-state index in [1.54, 1.807) is 12.5 Å². The van der Waals surface area contributed by atoms with Crippen LogP contribution in [0.2, 0.25) is 10.2 Å². The third-order valence-electron chi connectivity index (χ3n) is 5.30. The van der Waals surface area contributed by atoms with Crippen molar-refractivity contribution in [3.8, 4) is 11.1 Å². The summed E-state index contributed by atoms with van der Waals surface area (Å²) in [7, 11) is 1.96. The van der Waals surface area contributed by atoms with Crippen molar-refractivity contribution in [1.82, 2.24) is 14.5 Å². The highest BCUT2D eigenvalue weighted by molar-refractivity contribution is 6.42. The smallest absolute Gasteiger partial charge is 0.139 e. The Hall–Kier alpha value is -3.21. The molecular formula is C26H22Cl2N4. The topological polar surface area (TPSA) is 43.1 Å². The van der Waals surface area contributed by atoms with Crippen molar-refractivity contribution >= 4 is 40.3 Å². The summed E-state index contributed by atoms with van der Waals surface area (Å²) in [5.74, 6) is -0.194. The van der Waals surface area contributed by atoms with E-state index in [2.05, 4.69) is 21.5 Å². The van der Waals surface area contributed by atoms with Gasteiger partial charge in [-0.25, -0.2) is 9.97 Å². The molecule has 4 rings (SSSR count). The Morgan fingerprint density at radius 2 is 1.94 bits per heavy atom. The van der Waals surface area contributed by atoms with Gasteiger partial charge in [-0.3, -0.25) is 4.99 Å². The summed E-state index contributed by atoms with van der Waals surface area (Å²) in [6.45, 7) is 6.19. The first-order valence-corrected chi connectivity index (χ1v) is 10.9. The second-order valence-electron chi connectivity index (χ2n) is 7.39. The van der Waals surface area contributed by atoms with Gasteiger partial charge in [0.25, 0.3) is 0 Å². The number of aromatic nitrogens is 3. The largest absolute Gasteiger partial charge is 0.337 e. The van der Waals surface area contributed by atoms with E-state index in [4.69, 9.17) is 23.2 Å². The second-order valence-corrected chi connectivity index (χ2v) is 8.13. The van der Waals surface area contributed by atoms with Gasteiger partial charge in [0, 0.05) is 36.1 Å². The third kappa shape index (κ3) is 4.24. The molecule has 0 aliphatic rings. The fraction of sp³-hybridized carbons (Fsp3) is 0.115. The molecule has 160 valence electrons. The molecule has 2 aromatic carbocycles. The molecule has 4 nitrogen and oxygen atoms in total. The number of fused-ring (bicyclic) bond motifs is 1. The molecule has 2 heterocycles. The molecule has 6 heteroatoms. The standard InChI is InChI=1S/C26H22Cl2N4/c1-4-5-13-30-17(2)23(22-15-29-16-32(22)3)19-11-12-21-20(14-19)25(27)24(26(28)31-21)18-9-7-6-8-10-18/h4-16,23H,2H2,1,3H3/b5-4-,30-13?. The molecule has 1 unspecified atom stereocenters. The van der Waals surface area contributed by atoms with Gasteiger partial charge < -0.3 is 4.57 Å². The van der Waals surface area contributed by atoms with Crippen LogP contribution >= 0.6 is 23.2 Å². The number of aryl methyl sites for hydroxylation is 1. The number of rotatable bonds is 6. The highest BCUT2D eigenvalue weighted by Gasteiger charge is 2.22. The van der Waals surface area contributed by atoms with E-state index in [9.17, 15) is 0 Å². The lowest BCUT2D eigenvalue weighted by atomic mass is 9.91. The Morgan fingerprint density at radius 1 is 1.16 bits per heavy atom. The molecule has 0 aliphatic heterocycles. The summed E-state index contributed by atoms with van der Waals surface area (Å²) < 4.78 is 1.97. The Bertz CT molecular complexity index is 1340. The quantitative estimate of drug-likeness (QED) is 0.225. The average Bonchev–Trinajstić information content (AvgIpc) is 3.20. The number of pyridine rings is 1. The van der Waals surface area contributed by atoms with Crippen molar-refractivity contribution in [2.75, 3.05) is 0 Å². The van der Waals surface area contributed by atoms with Crippen molar-refractivity contribution in [2.24, 2.45) is 12.0 Å². The monoisotopic (exact) mass is 460 g/mol. The lowest BCUT2D eigenvalue weighted by Crippen LogP contribution is -2.08. The second kappa shape index (κ2) is 9.51. The van der Waals surface area contributed by atoms with Crippen LogP contribution in [0.4, 0.5) is 0 Å². The number of aliphatic imine (C=N–C) groups is 1. The number of benzene rings is 2. The van der Waals surface area contributed by atoms with Gasteiger partial charge in [-0.05, 0) is 36.3 Å². The molecule has 0 bridgehead atoms. The maximum absolute atomic E-state index is 6.89. The minimum atomic E-state index is -0.194. The average molecular weight is 461 g/mol. The third-order valence-corrected chi connectivity index (χ3v) is 5.97. The van der Waals surface area contributed by atoms with Crippen LogP contribution in [0.15, 0.2) is 90.5 Å². The zero-order valence-corrected chi connectivity index (χ0v) is 19.3. The fourth-order valence-corrected chi connectivity index (χ4v) is 4.42. The zero-order valence-electron chi connectivity index (χ0n) is 17.8. The van der Waals surface area contributed by atoms with Gasteiger partial charge in [0.1, 0.15) is 5.15 Å². The van der Waals surface area contributed by atoms with Gasteiger partial charge in [-0.2, -0.15) is 0 Å². The lowest BCUT2D eigenvalue weighted by molar-refractivity contribution is 0.781. The van der Waals surface area contributed by atoms with E-state index in [0.717, 1.165) is 33.3 Å². The number of hydrogen-bond acceptors (Lipinski definition) is 3. The molecule has 0 radical (unpaired) electrons. The van der Waals surface area contributed by atoms with Gasteiger partial charge in [0.15, 0.2) is 0 Å². The Morgan fingerprint density at radius 3 is 2.62 bits per heavy atom. The minimum absolute atomic E-state index is 0.194. The summed E-state index contributed by atoms with van der Waals surface area (Å²) in [6, 6.07) is 15.8. The predicted molar refractivity (Wildman–Crippen MR) is 135 cm³/mol. The van der Waals surface area contributed by atoms with Crippen LogP contribution < -0.4 is 0 Å². The fourth-order valence-electron chi connectivity index (χ4n) is 3.72. The lowest BCUT2D eigenvalue weighted by Gasteiger charge is -2.19. The van der Waals surface area contributed by atoms with E-state index in [0.29, 0.717) is 15.9 Å². The molecule has 32 heavy (non-hydrogen) atoms. The van der Waals surface area contributed by atoms with Crippen molar-refractivity contribution in [2.45, 2.75) is 12.8 Å². The molecule has 1 atom stereocenters. The number of allylic oxidation sites excluding steroid dienone is 3. The molecule has 2 aromatic heterocycles. The van der Waals surface area contributed by atoms with Crippen LogP contribution in [-0.2, 0) is 7.05 Å². The summed E-state index contributed by atoms with van der Waals surface area (Å²) in [4.78, 5) is 13.4. The first-order chi connectivity index (χ1) is 15.5. The van der Waals surface area contributed by atoms with Crippen molar-refractivity contribution in [3.05, 3.63) is 107 Å². The van der Waals surface area contributed by atoms with E-state index < -0.39 is 0 Å². The molecule has 0 fully saturated rings.